The van der Waals surface area contributed by atoms with Gasteiger partial charge in [0, 0.05) is 35.2 Å². The number of hydrogen-bond acceptors (Lipinski definition) is 3. The van der Waals surface area contributed by atoms with E-state index in [0.29, 0.717) is 36.0 Å². The third kappa shape index (κ3) is 5.75. The van der Waals surface area contributed by atoms with Crippen LogP contribution in [0, 0.1) is 5.41 Å². The van der Waals surface area contributed by atoms with Crippen LogP contribution in [-0.2, 0) is 29.1 Å². The van der Waals surface area contributed by atoms with Crippen LogP contribution in [0.25, 0.3) is 0 Å². The molecule has 1 atom stereocenters. The van der Waals surface area contributed by atoms with E-state index in [2.05, 4.69) is 5.32 Å². The Morgan fingerprint density at radius 2 is 1.80 bits per heavy atom. The summed E-state index contributed by atoms with van der Waals surface area (Å²) >= 11 is 12.1. The van der Waals surface area contributed by atoms with E-state index in [4.69, 9.17) is 28.9 Å². The Labute approximate surface area is 187 Å². The molecular formula is C23H27Cl2N3O2. The van der Waals surface area contributed by atoms with Crippen molar-refractivity contribution in [2.24, 2.45) is 11.1 Å². The fraction of sp³-hybridized carbons (Fsp3) is 0.391. The smallest absolute Gasteiger partial charge is 0.240 e. The number of halogens is 2. The zero-order valence-corrected chi connectivity index (χ0v) is 19.0. The molecule has 3 rings (SSSR count). The molecule has 0 saturated carbocycles. The monoisotopic (exact) mass is 447 g/mol. The molecule has 1 aliphatic rings. The molecule has 160 valence electrons. The molecule has 7 heteroatoms. The van der Waals surface area contributed by atoms with E-state index in [1.54, 1.807) is 23.1 Å². The van der Waals surface area contributed by atoms with Crippen LogP contribution in [-0.4, -0.2) is 22.8 Å². The van der Waals surface area contributed by atoms with E-state index in [0.717, 1.165) is 22.4 Å². The van der Waals surface area contributed by atoms with E-state index in [-0.39, 0.29) is 17.2 Å². The van der Waals surface area contributed by atoms with Gasteiger partial charge in [0.15, 0.2) is 0 Å². The number of anilines is 1. The number of nitrogens with zero attached hydrogens (tertiary/aromatic N) is 1. The Morgan fingerprint density at radius 3 is 2.47 bits per heavy atom. The third-order valence-corrected chi connectivity index (χ3v) is 5.57. The van der Waals surface area contributed by atoms with E-state index < -0.39 is 6.04 Å². The maximum atomic E-state index is 12.9. The molecule has 1 unspecified atom stereocenters. The first-order valence-electron chi connectivity index (χ1n) is 9.92. The molecule has 3 N–H and O–H groups in total. The first kappa shape index (κ1) is 22.6. The van der Waals surface area contributed by atoms with Gasteiger partial charge in [-0.05, 0) is 52.8 Å². The molecule has 1 aliphatic heterocycles. The Bertz CT molecular complexity index is 969. The average molecular weight is 448 g/mol. The molecule has 0 spiro atoms. The van der Waals surface area contributed by atoms with E-state index in [1.807, 2.05) is 39.0 Å². The Hall–Kier alpha value is -2.08. The summed E-state index contributed by atoms with van der Waals surface area (Å²) in [6.07, 6.45) is 0.784. The molecule has 2 aromatic carbocycles. The van der Waals surface area contributed by atoms with Gasteiger partial charge >= 0.3 is 0 Å². The lowest BCUT2D eigenvalue weighted by Gasteiger charge is -2.20. The Kier molecular flexibility index (Phi) is 6.75. The number of carbonyl (C=O) groups is 2. The van der Waals surface area contributed by atoms with Crippen LogP contribution in [0.15, 0.2) is 36.4 Å². The van der Waals surface area contributed by atoms with Crippen LogP contribution in [0.3, 0.4) is 0 Å². The van der Waals surface area contributed by atoms with Crippen molar-refractivity contribution in [2.45, 2.75) is 52.7 Å². The van der Waals surface area contributed by atoms with Crippen molar-refractivity contribution in [2.75, 3.05) is 5.32 Å². The molecule has 2 aromatic rings. The van der Waals surface area contributed by atoms with Gasteiger partial charge in [-0.15, -0.1) is 0 Å². The second-order valence-electron chi connectivity index (χ2n) is 9.01. The minimum absolute atomic E-state index is 0.0183. The minimum atomic E-state index is -0.691. The summed E-state index contributed by atoms with van der Waals surface area (Å²) in [7, 11) is 0. The van der Waals surface area contributed by atoms with Crippen molar-refractivity contribution in [1.82, 2.24) is 4.90 Å². The summed E-state index contributed by atoms with van der Waals surface area (Å²) in [5.74, 6) is -0.147. The number of rotatable bonds is 5. The van der Waals surface area contributed by atoms with Gasteiger partial charge in [-0.25, -0.2) is 0 Å². The highest BCUT2D eigenvalue weighted by Gasteiger charge is 2.28. The lowest BCUT2D eigenvalue weighted by molar-refractivity contribution is -0.133. The maximum Gasteiger partial charge on any atom is 0.240 e. The highest BCUT2D eigenvalue weighted by Crippen LogP contribution is 2.28. The molecule has 0 aromatic heterocycles. The molecule has 0 radical (unpaired) electrons. The summed E-state index contributed by atoms with van der Waals surface area (Å²) in [6.45, 7) is 7.06. The van der Waals surface area contributed by atoms with Crippen LogP contribution in [0.5, 0.6) is 0 Å². The van der Waals surface area contributed by atoms with E-state index in [9.17, 15) is 9.59 Å². The van der Waals surface area contributed by atoms with Gasteiger partial charge < -0.3 is 16.0 Å². The van der Waals surface area contributed by atoms with Crippen LogP contribution in [0.2, 0.25) is 10.0 Å². The lowest BCUT2D eigenvalue weighted by atomic mass is 9.92. The van der Waals surface area contributed by atoms with Gasteiger partial charge in [0.1, 0.15) is 0 Å². The largest absolute Gasteiger partial charge is 0.333 e. The fourth-order valence-electron chi connectivity index (χ4n) is 3.56. The summed E-state index contributed by atoms with van der Waals surface area (Å²) in [4.78, 5) is 26.8. The van der Waals surface area contributed by atoms with Crippen molar-refractivity contribution in [1.29, 1.82) is 0 Å². The van der Waals surface area contributed by atoms with Gasteiger partial charge in [0.25, 0.3) is 0 Å². The number of carbonyl (C=O) groups excluding carboxylic acids is 2. The number of fused-ring (bicyclic) bond motifs is 1. The van der Waals surface area contributed by atoms with Gasteiger partial charge in [0.05, 0.1) is 6.04 Å². The average Bonchev–Trinajstić information content (AvgIpc) is 3.05. The van der Waals surface area contributed by atoms with Crippen LogP contribution < -0.4 is 11.1 Å². The summed E-state index contributed by atoms with van der Waals surface area (Å²) in [6, 6.07) is 10.3. The molecule has 5 nitrogen and oxygen atoms in total. The molecule has 1 heterocycles. The number of benzene rings is 2. The number of amides is 2. The predicted molar refractivity (Wildman–Crippen MR) is 122 cm³/mol. The zero-order valence-electron chi connectivity index (χ0n) is 17.5. The minimum Gasteiger partial charge on any atom is -0.333 e. The highest BCUT2D eigenvalue weighted by atomic mass is 35.5. The fourth-order valence-corrected chi connectivity index (χ4v) is 4.05. The summed E-state index contributed by atoms with van der Waals surface area (Å²) in [5.41, 5.74) is 9.73. The second-order valence-corrected chi connectivity index (χ2v) is 9.85. The van der Waals surface area contributed by atoms with Crippen LogP contribution >= 0.6 is 23.2 Å². The van der Waals surface area contributed by atoms with Crippen LogP contribution in [0.1, 0.15) is 43.9 Å². The van der Waals surface area contributed by atoms with E-state index in [1.165, 1.54) is 0 Å². The zero-order chi connectivity index (χ0) is 22.1. The van der Waals surface area contributed by atoms with Gasteiger partial charge in [-0.3, -0.25) is 9.59 Å². The maximum absolute atomic E-state index is 12.9. The molecular weight excluding hydrogens is 421 g/mol. The van der Waals surface area contributed by atoms with Crippen LogP contribution in [0.4, 0.5) is 5.69 Å². The predicted octanol–water partition coefficient (Wildman–Crippen LogP) is 4.78. The third-order valence-electron chi connectivity index (χ3n) is 4.99. The van der Waals surface area contributed by atoms with Gasteiger partial charge in [-0.2, -0.15) is 0 Å². The first-order chi connectivity index (χ1) is 14.0. The first-order valence-corrected chi connectivity index (χ1v) is 10.7. The molecule has 30 heavy (non-hydrogen) atoms. The molecule has 0 aliphatic carbocycles. The quantitative estimate of drug-likeness (QED) is 0.691. The van der Waals surface area contributed by atoms with Gasteiger partial charge in [-0.1, -0.05) is 56.1 Å². The lowest BCUT2D eigenvalue weighted by Crippen LogP contribution is -2.42. The number of nitrogens with one attached hydrogen (secondary N) is 1. The molecule has 0 fully saturated rings. The Balaban J connectivity index is 1.63. The molecule has 0 bridgehead atoms. The van der Waals surface area contributed by atoms with Crippen molar-refractivity contribution in [3.05, 3.63) is 63.1 Å². The Morgan fingerprint density at radius 1 is 1.10 bits per heavy atom. The number of hydrogen-bond donors (Lipinski definition) is 2. The van der Waals surface area contributed by atoms with Crippen molar-refractivity contribution in [3.8, 4) is 0 Å². The van der Waals surface area contributed by atoms with Crippen molar-refractivity contribution < 1.29 is 9.59 Å². The summed E-state index contributed by atoms with van der Waals surface area (Å²) in [5, 5.41) is 4.00. The summed E-state index contributed by atoms with van der Waals surface area (Å²) < 4.78 is 0. The van der Waals surface area contributed by atoms with Gasteiger partial charge in [0.2, 0.25) is 11.8 Å². The van der Waals surface area contributed by atoms with Crippen molar-refractivity contribution in [3.63, 3.8) is 0 Å². The SMILES string of the molecule is CC(C)(C)CC(=O)Nc1ccc2c(c1)CN(C(=O)C(N)Cc1ccc(Cl)cc1Cl)C2. The standard InChI is InChI=1S/C23H27Cl2N3O2/c1-23(2,3)11-21(29)27-18-7-5-15-12-28(13-16(15)8-18)22(30)20(26)9-14-4-6-17(24)10-19(14)25/h4-8,10,20H,9,11-13,26H2,1-3H3,(H,27,29). The normalized spacial score (nSPS) is 14.4. The molecule has 2 amide bonds. The topological polar surface area (TPSA) is 75.4 Å². The number of nitrogens with two attached hydrogens (primary N) is 1. The van der Waals surface area contributed by atoms with E-state index >= 15 is 0 Å². The second kappa shape index (κ2) is 8.96. The molecule has 0 saturated heterocycles. The van der Waals surface area contributed by atoms with Crippen molar-refractivity contribution >= 4 is 40.7 Å². The highest BCUT2D eigenvalue weighted by molar-refractivity contribution is 6.35.